The molecule has 1 fully saturated rings. The lowest BCUT2D eigenvalue weighted by Crippen LogP contribution is -2.09. The topological polar surface area (TPSA) is 38.3 Å². The number of ether oxygens (including phenoxy) is 1. The zero-order valence-corrected chi connectivity index (χ0v) is 11.7. The van der Waals surface area contributed by atoms with Crippen LogP contribution in [0.3, 0.4) is 0 Å². The minimum Gasteiger partial charge on any atom is -0.496 e. The molecule has 0 aliphatic heterocycles. The van der Waals surface area contributed by atoms with Crippen LogP contribution in [0.4, 0.5) is 5.69 Å². The zero-order chi connectivity index (χ0) is 13.7. The van der Waals surface area contributed by atoms with Crippen molar-refractivity contribution in [3.8, 4) is 5.75 Å². The van der Waals surface area contributed by atoms with E-state index in [1.165, 1.54) is 31.3 Å². The number of hydrogen-bond donors (Lipinski definition) is 1. The second-order valence-electron chi connectivity index (χ2n) is 4.87. The van der Waals surface area contributed by atoms with Crippen molar-refractivity contribution in [2.45, 2.75) is 39.0 Å². The normalized spacial score (nSPS) is 14.3. The lowest BCUT2D eigenvalue weighted by atomic mass is 10.1. The Bertz CT molecular complexity index is 484. The third kappa shape index (κ3) is 3.60. The molecule has 0 aromatic heterocycles. The van der Waals surface area contributed by atoms with Crippen LogP contribution < -0.4 is 10.1 Å². The van der Waals surface area contributed by atoms with Gasteiger partial charge in [-0.3, -0.25) is 4.79 Å². The summed E-state index contributed by atoms with van der Waals surface area (Å²) in [5.74, 6) is 0.888. The van der Waals surface area contributed by atoms with Gasteiger partial charge in [0.15, 0.2) is 0 Å². The van der Waals surface area contributed by atoms with Crippen molar-refractivity contribution in [3.63, 3.8) is 0 Å². The van der Waals surface area contributed by atoms with Crippen LogP contribution in [0.5, 0.6) is 5.75 Å². The average molecular weight is 259 g/mol. The first-order valence-electron chi connectivity index (χ1n) is 6.90. The highest BCUT2D eigenvalue weighted by atomic mass is 16.5. The van der Waals surface area contributed by atoms with Gasteiger partial charge in [-0.1, -0.05) is 18.6 Å². The summed E-state index contributed by atoms with van der Waals surface area (Å²) in [4.78, 5) is 11.4. The fourth-order valence-electron chi connectivity index (χ4n) is 2.37. The molecular weight excluding hydrogens is 238 g/mol. The number of hydrogen-bond acceptors (Lipinski definition) is 2. The van der Waals surface area contributed by atoms with Gasteiger partial charge in [-0.2, -0.15) is 0 Å². The maximum Gasteiger partial charge on any atom is 0.224 e. The second-order valence-corrected chi connectivity index (χ2v) is 4.87. The van der Waals surface area contributed by atoms with E-state index in [2.05, 4.69) is 11.4 Å². The maximum atomic E-state index is 11.4. The number of carbonyl (C=O) groups is 1. The summed E-state index contributed by atoms with van der Waals surface area (Å²) in [7, 11) is 1.68. The molecule has 0 saturated heterocycles. The molecule has 1 saturated carbocycles. The van der Waals surface area contributed by atoms with Crippen LogP contribution in [0.15, 0.2) is 23.8 Å². The average Bonchev–Trinajstić information content (AvgIpc) is 2.92. The van der Waals surface area contributed by atoms with Gasteiger partial charge in [-0.15, -0.1) is 0 Å². The van der Waals surface area contributed by atoms with Crippen LogP contribution in [0.25, 0.3) is 6.08 Å². The Morgan fingerprint density at radius 2 is 2.11 bits per heavy atom. The van der Waals surface area contributed by atoms with E-state index >= 15 is 0 Å². The molecule has 1 aromatic rings. The summed E-state index contributed by atoms with van der Waals surface area (Å²) >= 11 is 0. The van der Waals surface area contributed by atoms with E-state index in [-0.39, 0.29) is 5.91 Å². The summed E-state index contributed by atoms with van der Waals surface area (Å²) in [6, 6.07) is 5.77. The monoisotopic (exact) mass is 259 g/mol. The van der Waals surface area contributed by atoms with Gasteiger partial charge in [-0.05, 0) is 43.9 Å². The Morgan fingerprint density at radius 1 is 1.37 bits per heavy atom. The van der Waals surface area contributed by atoms with Crippen LogP contribution in [0, 0.1) is 0 Å². The van der Waals surface area contributed by atoms with Crippen LogP contribution in [0.2, 0.25) is 0 Å². The first kappa shape index (κ1) is 13.7. The number of carbonyl (C=O) groups excluding carboxylic acids is 1. The molecular formula is C16H21NO2. The molecule has 19 heavy (non-hydrogen) atoms. The predicted octanol–water partition coefficient (Wildman–Crippen LogP) is 4.00. The van der Waals surface area contributed by atoms with Crippen molar-refractivity contribution in [3.05, 3.63) is 29.3 Å². The molecule has 1 amide bonds. The standard InChI is InChI=1S/C16H21NO2/c1-3-16(18)17-14-8-9-15(19-2)13(11-14)10-12-6-4-5-7-12/h8-11H,3-7H2,1-2H3,(H,17,18). The van der Waals surface area contributed by atoms with Crippen molar-refractivity contribution >= 4 is 17.7 Å². The number of nitrogens with one attached hydrogen (secondary N) is 1. The van der Waals surface area contributed by atoms with Crippen LogP contribution >= 0.6 is 0 Å². The van der Waals surface area contributed by atoms with E-state index in [0.29, 0.717) is 6.42 Å². The highest BCUT2D eigenvalue weighted by Gasteiger charge is 2.09. The first-order valence-corrected chi connectivity index (χ1v) is 6.90. The Morgan fingerprint density at radius 3 is 2.74 bits per heavy atom. The zero-order valence-electron chi connectivity index (χ0n) is 11.7. The lowest BCUT2D eigenvalue weighted by molar-refractivity contribution is -0.115. The molecule has 1 aromatic carbocycles. The quantitative estimate of drug-likeness (QED) is 0.887. The third-order valence-corrected chi connectivity index (χ3v) is 3.44. The minimum absolute atomic E-state index is 0.0321. The number of rotatable bonds is 4. The molecule has 3 heteroatoms. The number of benzene rings is 1. The molecule has 0 bridgehead atoms. The fraction of sp³-hybridized carbons (Fsp3) is 0.438. The van der Waals surface area contributed by atoms with Crippen molar-refractivity contribution in [2.75, 3.05) is 12.4 Å². The summed E-state index contributed by atoms with van der Waals surface area (Å²) in [6.45, 7) is 1.85. The minimum atomic E-state index is 0.0321. The van der Waals surface area contributed by atoms with Crippen molar-refractivity contribution in [1.82, 2.24) is 0 Å². The SMILES string of the molecule is CCC(=O)Nc1ccc(OC)c(C=C2CCCC2)c1. The third-order valence-electron chi connectivity index (χ3n) is 3.44. The van der Waals surface area contributed by atoms with E-state index in [1.54, 1.807) is 7.11 Å². The van der Waals surface area contributed by atoms with E-state index < -0.39 is 0 Å². The number of methoxy groups -OCH3 is 1. The molecule has 0 heterocycles. The fourth-order valence-corrected chi connectivity index (χ4v) is 2.37. The first-order chi connectivity index (χ1) is 9.22. The van der Waals surface area contributed by atoms with Gasteiger partial charge in [0, 0.05) is 17.7 Å². The molecule has 0 radical (unpaired) electrons. The van der Waals surface area contributed by atoms with E-state index in [1.807, 2.05) is 25.1 Å². The van der Waals surface area contributed by atoms with Crippen molar-refractivity contribution in [2.24, 2.45) is 0 Å². The molecule has 3 nitrogen and oxygen atoms in total. The molecule has 1 aliphatic rings. The molecule has 0 unspecified atom stereocenters. The second kappa shape index (κ2) is 6.41. The van der Waals surface area contributed by atoms with E-state index in [9.17, 15) is 4.79 Å². The van der Waals surface area contributed by atoms with E-state index in [0.717, 1.165) is 17.0 Å². The Balaban J connectivity index is 2.25. The van der Waals surface area contributed by atoms with E-state index in [4.69, 9.17) is 4.74 Å². The lowest BCUT2D eigenvalue weighted by Gasteiger charge is -2.10. The van der Waals surface area contributed by atoms with Crippen LogP contribution in [0.1, 0.15) is 44.6 Å². The van der Waals surface area contributed by atoms with Gasteiger partial charge in [-0.25, -0.2) is 0 Å². The Kier molecular flexibility index (Phi) is 4.61. The summed E-state index contributed by atoms with van der Waals surface area (Å²) in [5, 5.41) is 2.88. The largest absolute Gasteiger partial charge is 0.496 e. The molecule has 1 N–H and O–H groups in total. The maximum absolute atomic E-state index is 11.4. The van der Waals surface area contributed by atoms with Gasteiger partial charge >= 0.3 is 0 Å². The van der Waals surface area contributed by atoms with Gasteiger partial charge in [0.1, 0.15) is 5.75 Å². The van der Waals surface area contributed by atoms with Gasteiger partial charge in [0.05, 0.1) is 7.11 Å². The van der Waals surface area contributed by atoms with Crippen LogP contribution in [-0.4, -0.2) is 13.0 Å². The summed E-state index contributed by atoms with van der Waals surface area (Å²) < 4.78 is 5.38. The van der Waals surface area contributed by atoms with Gasteiger partial charge < -0.3 is 10.1 Å². The summed E-state index contributed by atoms with van der Waals surface area (Å²) in [5.41, 5.74) is 3.35. The molecule has 1 aliphatic carbocycles. The Hall–Kier alpha value is -1.77. The highest BCUT2D eigenvalue weighted by Crippen LogP contribution is 2.30. The van der Waals surface area contributed by atoms with Gasteiger partial charge in [0.2, 0.25) is 5.91 Å². The number of allylic oxidation sites excluding steroid dienone is 1. The molecule has 2 rings (SSSR count). The smallest absolute Gasteiger partial charge is 0.224 e. The number of anilines is 1. The Labute approximate surface area is 114 Å². The predicted molar refractivity (Wildman–Crippen MR) is 78.4 cm³/mol. The highest BCUT2D eigenvalue weighted by molar-refractivity contribution is 5.91. The molecule has 0 atom stereocenters. The summed E-state index contributed by atoms with van der Waals surface area (Å²) in [6.07, 6.45) is 7.60. The van der Waals surface area contributed by atoms with Crippen molar-refractivity contribution < 1.29 is 9.53 Å². The van der Waals surface area contributed by atoms with Crippen molar-refractivity contribution in [1.29, 1.82) is 0 Å². The van der Waals surface area contributed by atoms with Gasteiger partial charge in [0.25, 0.3) is 0 Å². The number of amides is 1. The molecule has 102 valence electrons. The molecule has 0 spiro atoms. The van der Waals surface area contributed by atoms with Crippen LogP contribution in [-0.2, 0) is 4.79 Å².